The summed E-state index contributed by atoms with van der Waals surface area (Å²) in [6, 6.07) is 4.01. The Bertz CT molecular complexity index is 1220. The molecule has 0 saturated carbocycles. The average Bonchev–Trinajstić information content (AvgIpc) is 3.23. The van der Waals surface area contributed by atoms with Crippen LogP contribution in [0.2, 0.25) is 0 Å². The standard InChI is InChI=1S/C22H27F3N6O3S/c1-21(2)20(26)31-22(3,16-6-7-29-35(16,21)33)13-8-12(4-5-14(13)23)30-19(32)15-9-28-18(10-27-15)34-11-17(24)25/h4-5,8-10,16-17,35H,6-7,11H2,1-3H3,(H2,26,31)(H,29,33)(H,30,32)/t16-,22+/m0/s1. The molecule has 4 rings (SSSR count). The smallest absolute Gasteiger partial charge is 0.275 e. The van der Waals surface area contributed by atoms with Crippen LogP contribution in [0.4, 0.5) is 18.9 Å². The van der Waals surface area contributed by atoms with Crippen LogP contribution in [-0.4, -0.2) is 55.5 Å². The van der Waals surface area contributed by atoms with Gasteiger partial charge in [-0.3, -0.25) is 18.7 Å². The van der Waals surface area contributed by atoms with Crippen LogP contribution < -0.4 is 20.5 Å². The van der Waals surface area contributed by atoms with Gasteiger partial charge in [0.15, 0.2) is 6.61 Å². The minimum absolute atomic E-state index is 0.0994. The van der Waals surface area contributed by atoms with Gasteiger partial charge in [0, 0.05) is 17.8 Å². The Balaban J connectivity index is 1.62. The number of carbonyl (C=O) groups excluding carboxylic acids is 1. The molecule has 0 bridgehead atoms. The summed E-state index contributed by atoms with van der Waals surface area (Å²) >= 11 is 0. The number of alkyl halides is 2. The largest absolute Gasteiger partial charge is 0.470 e. The molecule has 2 aliphatic rings. The quantitative estimate of drug-likeness (QED) is 0.439. The molecule has 35 heavy (non-hydrogen) atoms. The molecule has 1 amide bonds. The van der Waals surface area contributed by atoms with E-state index in [1.807, 2.05) is 0 Å². The molecule has 0 spiro atoms. The number of aliphatic imine (C=N–C) groups is 1. The van der Waals surface area contributed by atoms with E-state index in [1.165, 1.54) is 18.2 Å². The second kappa shape index (κ2) is 8.86. The summed E-state index contributed by atoms with van der Waals surface area (Å²) in [6.45, 7) is 4.90. The van der Waals surface area contributed by atoms with Crippen LogP contribution in [0.25, 0.3) is 0 Å². The van der Waals surface area contributed by atoms with Crippen LogP contribution in [0, 0.1) is 5.82 Å². The highest BCUT2D eigenvalue weighted by Gasteiger charge is 2.58. The number of rotatable bonds is 6. The second-order valence-corrected chi connectivity index (χ2v) is 12.5. The Kier molecular flexibility index (Phi) is 6.34. The summed E-state index contributed by atoms with van der Waals surface area (Å²) in [5.74, 6) is -1.20. The van der Waals surface area contributed by atoms with E-state index in [2.05, 4.69) is 25.0 Å². The Morgan fingerprint density at radius 1 is 1.31 bits per heavy atom. The molecule has 0 aliphatic carbocycles. The van der Waals surface area contributed by atoms with Crippen LogP contribution in [0.15, 0.2) is 35.6 Å². The van der Waals surface area contributed by atoms with Crippen molar-refractivity contribution in [2.75, 3.05) is 18.5 Å². The molecule has 3 heterocycles. The summed E-state index contributed by atoms with van der Waals surface area (Å²) < 4.78 is 60.6. The van der Waals surface area contributed by atoms with Crippen LogP contribution in [0.1, 0.15) is 43.2 Å². The van der Waals surface area contributed by atoms with Gasteiger partial charge in [0.1, 0.15) is 22.9 Å². The van der Waals surface area contributed by atoms with Crippen LogP contribution in [-0.2, 0) is 15.7 Å². The summed E-state index contributed by atoms with van der Waals surface area (Å²) in [4.78, 5) is 24.9. The molecule has 2 aromatic rings. The average molecular weight is 513 g/mol. The van der Waals surface area contributed by atoms with Crippen molar-refractivity contribution in [1.29, 1.82) is 0 Å². The van der Waals surface area contributed by atoms with Crippen molar-refractivity contribution in [3.63, 3.8) is 0 Å². The van der Waals surface area contributed by atoms with Crippen LogP contribution >= 0.6 is 0 Å². The number of ether oxygens (including phenoxy) is 1. The first kappa shape index (κ1) is 25.0. The van der Waals surface area contributed by atoms with Crippen LogP contribution in [0.5, 0.6) is 5.88 Å². The zero-order chi connectivity index (χ0) is 25.6. The van der Waals surface area contributed by atoms with Gasteiger partial charge in [0.2, 0.25) is 5.88 Å². The number of hydrogen-bond donors (Lipinski definition) is 4. The van der Waals surface area contributed by atoms with Crippen molar-refractivity contribution >= 4 is 27.5 Å². The highest BCUT2D eigenvalue weighted by molar-refractivity contribution is 8.04. The van der Waals surface area contributed by atoms with Gasteiger partial charge in [-0.1, -0.05) is 0 Å². The first-order chi connectivity index (χ1) is 16.4. The highest BCUT2D eigenvalue weighted by atomic mass is 32.3. The van der Waals surface area contributed by atoms with Gasteiger partial charge in [0.25, 0.3) is 12.3 Å². The predicted octanol–water partition coefficient (Wildman–Crippen LogP) is 2.17. The third-order valence-corrected chi connectivity index (χ3v) is 10.9. The molecule has 1 fully saturated rings. The molecule has 13 heteroatoms. The number of anilines is 1. The lowest BCUT2D eigenvalue weighted by Gasteiger charge is -2.50. The molecule has 1 aromatic carbocycles. The number of nitrogens with two attached hydrogens (primary N) is 1. The molecule has 2 atom stereocenters. The maximum atomic E-state index is 15.1. The Labute approximate surface area is 201 Å². The second-order valence-electron chi connectivity index (χ2n) is 9.16. The van der Waals surface area contributed by atoms with Gasteiger partial charge < -0.3 is 15.8 Å². The normalized spacial score (nSPS) is 25.5. The van der Waals surface area contributed by atoms with Gasteiger partial charge in [-0.15, -0.1) is 0 Å². The van der Waals surface area contributed by atoms with E-state index in [9.17, 15) is 17.8 Å². The fourth-order valence-electron chi connectivity index (χ4n) is 4.60. The minimum atomic E-state index is -3.08. The third-order valence-electron chi connectivity index (χ3n) is 6.65. The summed E-state index contributed by atoms with van der Waals surface area (Å²) in [7, 11) is -3.08. The van der Waals surface area contributed by atoms with Gasteiger partial charge in [-0.2, -0.15) is 0 Å². The lowest BCUT2D eigenvalue weighted by Crippen LogP contribution is -2.64. The van der Waals surface area contributed by atoms with E-state index in [4.69, 9.17) is 10.5 Å². The zero-order valence-corrected chi connectivity index (χ0v) is 20.3. The lowest BCUT2D eigenvalue weighted by atomic mass is 9.86. The van der Waals surface area contributed by atoms with E-state index in [1.54, 1.807) is 20.8 Å². The topological polar surface area (TPSA) is 132 Å². The van der Waals surface area contributed by atoms with Crippen LogP contribution in [0.3, 0.4) is 0 Å². The summed E-state index contributed by atoms with van der Waals surface area (Å²) in [5.41, 5.74) is 5.34. The number of amidine groups is 1. The maximum Gasteiger partial charge on any atom is 0.275 e. The van der Waals surface area contributed by atoms with E-state index in [0.29, 0.717) is 13.0 Å². The number of nitrogens with one attached hydrogen (secondary N) is 2. The molecule has 1 aromatic heterocycles. The molecule has 0 unspecified atom stereocenters. The summed E-state index contributed by atoms with van der Waals surface area (Å²) in [5, 5.41) is 2.13. The van der Waals surface area contributed by atoms with Crippen molar-refractivity contribution < 1.29 is 26.9 Å². The van der Waals surface area contributed by atoms with Crippen molar-refractivity contribution in [3.05, 3.63) is 47.7 Å². The van der Waals surface area contributed by atoms with E-state index < -0.39 is 50.4 Å². The first-order valence-corrected chi connectivity index (χ1v) is 12.7. The zero-order valence-electron chi connectivity index (χ0n) is 19.4. The fourth-order valence-corrected chi connectivity index (χ4v) is 8.24. The van der Waals surface area contributed by atoms with Crippen molar-refractivity contribution in [2.24, 2.45) is 10.7 Å². The number of aromatic nitrogens is 2. The van der Waals surface area contributed by atoms with Crippen molar-refractivity contribution in [2.45, 2.75) is 49.2 Å². The molecular weight excluding hydrogens is 485 g/mol. The molecule has 2 aliphatic heterocycles. The number of hydrogen-bond acceptors (Lipinski definition) is 7. The van der Waals surface area contributed by atoms with Gasteiger partial charge in [0.05, 0.1) is 22.4 Å². The number of thiol groups is 1. The SMILES string of the molecule is CC1(C)C(N)=N[C@](C)(c2cc(NC(=O)c3cnc(OCC(F)F)cn3)ccc2F)[C@@H]2CCN[SH]21=O. The number of amides is 1. The number of fused-ring (bicyclic) bond motifs is 1. The molecule has 4 N–H and O–H groups in total. The predicted molar refractivity (Wildman–Crippen MR) is 127 cm³/mol. The highest BCUT2D eigenvalue weighted by Crippen LogP contribution is 2.49. The third kappa shape index (κ3) is 4.27. The van der Waals surface area contributed by atoms with Crippen molar-refractivity contribution in [1.82, 2.24) is 14.7 Å². The number of benzene rings is 1. The Morgan fingerprint density at radius 2 is 2.06 bits per heavy atom. The molecule has 190 valence electrons. The van der Waals surface area contributed by atoms with Crippen molar-refractivity contribution in [3.8, 4) is 5.88 Å². The molecule has 1 saturated heterocycles. The monoisotopic (exact) mass is 512 g/mol. The maximum absolute atomic E-state index is 15.1. The lowest BCUT2D eigenvalue weighted by molar-refractivity contribution is 0.0792. The molecular formula is C22H27F3N6O3S. The summed E-state index contributed by atoms with van der Waals surface area (Å²) in [6.07, 6.45) is -0.00523. The Morgan fingerprint density at radius 3 is 2.71 bits per heavy atom. The van der Waals surface area contributed by atoms with E-state index >= 15 is 4.39 Å². The van der Waals surface area contributed by atoms with Gasteiger partial charge in [-0.05, 0) is 55.5 Å². The number of nitrogens with zero attached hydrogens (tertiary/aromatic N) is 3. The van der Waals surface area contributed by atoms with E-state index in [-0.39, 0.29) is 28.7 Å². The molecule has 0 radical (unpaired) electrons. The number of carbonyl (C=O) groups is 1. The van der Waals surface area contributed by atoms with Gasteiger partial charge in [-0.25, -0.2) is 23.1 Å². The minimum Gasteiger partial charge on any atom is -0.470 e. The molecule has 9 nitrogen and oxygen atoms in total. The van der Waals surface area contributed by atoms with Gasteiger partial charge >= 0.3 is 0 Å². The van der Waals surface area contributed by atoms with E-state index in [0.717, 1.165) is 12.4 Å². The number of halogens is 3. The Hall–Kier alpha value is -3.06. The first-order valence-electron chi connectivity index (χ1n) is 10.9. The fraction of sp³-hybridized carbons (Fsp3) is 0.455.